The zero-order valence-corrected chi connectivity index (χ0v) is 10.9. The molecule has 7 nitrogen and oxygen atoms in total. The molecule has 3 aromatic rings. The molecule has 0 atom stereocenters. The molecule has 3 N–H and O–H groups in total. The zero-order valence-electron chi connectivity index (χ0n) is 10.1. The van der Waals surface area contributed by atoms with Gasteiger partial charge in [0.2, 0.25) is 11.1 Å². The van der Waals surface area contributed by atoms with Gasteiger partial charge in [-0.1, -0.05) is 6.07 Å². The molecule has 0 aliphatic carbocycles. The van der Waals surface area contributed by atoms with Crippen molar-refractivity contribution in [3.05, 3.63) is 30.5 Å². The van der Waals surface area contributed by atoms with Gasteiger partial charge >= 0.3 is 0 Å². The van der Waals surface area contributed by atoms with E-state index in [0.717, 1.165) is 15.8 Å². The predicted octanol–water partition coefficient (Wildman–Crippen LogP) is 1.29. The largest absolute Gasteiger partial charge is 0.373 e. The Bertz CT molecular complexity index is 724. The molecule has 8 heteroatoms. The van der Waals surface area contributed by atoms with Crippen molar-refractivity contribution in [2.24, 2.45) is 0 Å². The van der Waals surface area contributed by atoms with Crippen LogP contribution in [0.4, 0.5) is 11.8 Å². The molecule has 3 heterocycles. The van der Waals surface area contributed by atoms with Crippen LogP contribution >= 0.6 is 11.8 Å². The van der Waals surface area contributed by atoms with Gasteiger partial charge in [-0.2, -0.15) is 4.98 Å². The maximum Gasteiger partial charge on any atom is 0.223 e. The van der Waals surface area contributed by atoms with Gasteiger partial charge in [0.15, 0.2) is 5.65 Å². The third-order valence-electron chi connectivity index (χ3n) is 2.45. The molecule has 0 spiro atoms. The van der Waals surface area contributed by atoms with E-state index in [1.807, 2.05) is 34.9 Å². The molecule has 0 aliphatic rings. The first-order valence-electron chi connectivity index (χ1n) is 5.56. The summed E-state index contributed by atoms with van der Waals surface area (Å²) in [6.45, 7) is 0. The molecule has 0 fully saturated rings. The van der Waals surface area contributed by atoms with E-state index in [-0.39, 0.29) is 5.95 Å². The van der Waals surface area contributed by atoms with E-state index in [0.29, 0.717) is 5.82 Å². The number of nitrogen functional groups attached to an aromatic ring is 1. The third-order valence-corrected chi connectivity index (χ3v) is 3.33. The van der Waals surface area contributed by atoms with Crippen molar-refractivity contribution >= 4 is 29.2 Å². The van der Waals surface area contributed by atoms with Crippen molar-refractivity contribution in [1.82, 2.24) is 24.6 Å². The second-order valence-corrected chi connectivity index (χ2v) is 4.70. The van der Waals surface area contributed by atoms with Gasteiger partial charge in [-0.3, -0.25) is 4.40 Å². The highest BCUT2D eigenvalue weighted by atomic mass is 32.2. The number of nitrogens with one attached hydrogen (secondary N) is 1. The smallest absolute Gasteiger partial charge is 0.223 e. The highest BCUT2D eigenvalue weighted by Crippen LogP contribution is 2.26. The van der Waals surface area contributed by atoms with Crippen LogP contribution in [-0.4, -0.2) is 31.6 Å². The van der Waals surface area contributed by atoms with E-state index >= 15 is 0 Å². The third kappa shape index (κ3) is 2.29. The number of nitrogens with two attached hydrogens (primary N) is 1. The lowest BCUT2D eigenvalue weighted by Crippen LogP contribution is -2.00. The number of nitrogens with zero attached hydrogens (tertiary/aromatic N) is 5. The Morgan fingerprint density at radius 1 is 1.26 bits per heavy atom. The van der Waals surface area contributed by atoms with Gasteiger partial charge < -0.3 is 11.1 Å². The Hall–Kier alpha value is -2.35. The van der Waals surface area contributed by atoms with Gasteiger partial charge in [-0.15, -0.1) is 10.2 Å². The minimum absolute atomic E-state index is 0.225. The Labute approximate surface area is 113 Å². The van der Waals surface area contributed by atoms with Gasteiger partial charge in [0, 0.05) is 19.3 Å². The van der Waals surface area contributed by atoms with Crippen molar-refractivity contribution in [2.45, 2.75) is 10.2 Å². The summed E-state index contributed by atoms with van der Waals surface area (Å²) in [5.41, 5.74) is 6.45. The second-order valence-electron chi connectivity index (χ2n) is 3.71. The fourth-order valence-electron chi connectivity index (χ4n) is 1.61. The van der Waals surface area contributed by atoms with E-state index in [1.54, 1.807) is 7.05 Å². The highest BCUT2D eigenvalue weighted by Gasteiger charge is 2.09. The summed E-state index contributed by atoms with van der Waals surface area (Å²) >= 11 is 1.39. The minimum Gasteiger partial charge on any atom is -0.373 e. The van der Waals surface area contributed by atoms with E-state index in [4.69, 9.17) is 5.73 Å². The first kappa shape index (κ1) is 11.7. The van der Waals surface area contributed by atoms with Gasteiger partial charge in [0.1, 0.15) is 10.8 Å². The predicted molar refractivity (Wildman–Crippen MR) is 73.1 cm³/mol. The summed E-state index contributed by atoms with van der Waals surface area (Å²) in [4.78, 5) is 8.22. The maximum absolute atomic E-state index is 5.66. The van der Waals surface area contributed by atoms with Crippen LogP contribution in [0.25, 0.3) is 5.65 Å². The molecule has 0 amide bonds. The monoisotopic (exact) mass is 273 g/mol. The van der Waals surface area contributed by atoms with E-state index in [9.17, 15) is 0 Å². The molecule has 0 saturated heterocycles. The van der Waals surface area contributed by atoms with Crippen molar-refractivity contribution in [1.29, 1.82) is 0 Å². The Morgan fingerprint density at radius 3 is 3.00 bits per heavy atom. The van der Waals surface area contributed by atoms with Gasteiger partial charge in [0.25, 0.3) is 0 Å². The van der Waals surface area contributed by atoms with Crippen LogP contribution in [0.5, 0.6) is 0 Å². The van der Waals surface area contributed by atoms with Gasteiger partial charge in [0.05, 0.1) is 0 Å². The molecule has 0 radical (unpaired) electrons. The van der Waals surface area contributed by atoms with Crippen LogP contribution in [0.3, 0.4) is 0 Å². The quantitative estimate of drug-likeness (QED) is 0.694. The molecule has 3 rings (SSSR count). The number of pyridine rings is 1. The first-order valence-corrected chi connectivity index (χ1v) is 6.38. The highest BCUT2D eigenvalue weighted by molar-refractivity contribution is 7.99. The van der Waals surface area contributed by atoms with Crippen LogP contribution in [0, 0.1) is 0 Å². The second kappa shape index (κ2) is 4.73. The molecule has 0 aliphatic heterocycles. The molecule has 0 unspecified atom stereocenters. The topological polar surface area (TPSA) is 94.0 Å². The van der Waals surface area contributed by atoms with E-state index in [1.165, 1.54) is 11.8 Å². The number of rotatable bonds is 3. The summed E-state index contributed by atoms with van der Waals surface area (Å²) in [6, 6.07) is 7.55. The van der Waals surface area contributed by atoms with Crippen molar-refractivity contribution in [3.8, 4) is 0 Å². The number of hydrogen-bond acceptors (Lipinski definition) is 7. The molecule has 3 aromatic heterocycles. The fraction of sp³-hybridized carbons (Fsp3) is 0.0909. The molecule has 0 bridgehead atoms. The van der Waals surface area contributed by atoms with Crippen LogP contribution in [0.15, 0.2) is 40.6 Å². The molecule has 0 aromatic carbocycles. The average Bonchev–Trinajstić information content (AvgIpc) is 2.82. The minimum atomic E-state index is 0.225. The number of aromatic nitrogens is 5. The summed E-state index contributed by atoms with van der Waals surface area (Å²) in [5, 5.41) is 12.6. The van der Waals surface area contributed by atoms with Crippen molar-refractivity contribution in [2.75, 3.05) is 18.1 Å². The molecular weight excluding hydrogens is 262 g/mol. The van der Waals surface area contributed by atoms with Gasteiger partial charge in [-0.25, -0.2) is 4.98 Å². The molecule has 0 saturated carbocycles. The molecule has 19 heavy (non-hydrogen) atoms. The van der Waals surface area contributed by atoms with Crippen LogP contribution in [0.2, 0.25) is 0 Å². The molecular formula is C11H11N7S. The number of fused-ring (bicyclic) bond motifs is 1. The maximum atomic E-state index is 5.66. The lowest BCUT2D eigenvalue weighted by atomic mass is 10.5. The first-order chi connectivity index (χ1) is 9.26. The average molecular weight is 273 g/mol. The van der Waals surface area contributed by atoms with Crippen LogP contribution < -0.4 is 11.1 Å². The zero-order chi connectivity index (χ0) is 13.2. The van der Waals surface area contributed by atoms with Crippen LogP contribution in [0.1, 0.15) is 0 Å². The van der Waals surface area contributed by atoms with E-state index < -0.39 is 0 Å². The van der Waals surface area contributed by atoms with Gasteiger partial charge in [-0.05, 0) is 23.9 Å². The lowest BCUT2D eigenvalue weighted by molar-refractivity contribution is 0.916. The van der Waals surface area contributed by atoms with Crippen LogP contribution in [-0.2, 0) is 0 Å². The Morgan fingerprint density at radius 2 is 2.16 bits per heavy atom. The summed E-state index contributed by atoms with van der Waals surface area (Å²) in [6.07, 6.45) is 1.90. The lowest BCUT2D eigenvalue weighted by Gasteiger charge is -2.03. The SMILES string of the molecule is CNc1cc(Sc2nnc3ccccn23)nc(N)n1. The Kier molecular flexibility index (Phi) is 2.92. The summed E-state index contributed by atoms with van der Waals surface area (Å²) in [5.74, 6) is 0.895. The van der Waals surface area contributed by atoms with E-state index in [2.05, 4.69) is 25.5 Å². The van der Waals surface area contributed by atoms with Crippen molar-refractivity contribution in [3.63, 3.8) is 0 Å². The fourth-order valence-corrected chi connectivity index (χ4v) is 2.44. The number of anilines is 2. The summed E-state index contributed by atoms with van der Waals surface area (Å²) in [7, 11) is 1.78. The summed E-state index contributed by atoms with van der Waals surface area (Å²) < 4.78 is 1.89. The normalized spacial score (nSPS) is 10.8. The van der Waals surface area contributed by atoms with Crippen molar-refractivity contribution < 1.29 is 0 Å². The standard InChI is InChI=1S/C11H11N7S/c1-13-7-6-9(15-10(12)14-7)19-11-17-16-8-4-2-3-5-18(8)11/h2-6H,1H3,(H3,12,13,14,15). The number of hydrogen-bond donors (Lipinski definition) is 2. The molecule has 96 valence electrons. The Balaban J connectivity index is 1.99.